The van der Waals surface area contributed by atoms with Crippen molar-refractivity contribution in [3.8, 4) is 23.1 Å². The smallest absolute Gasteiger partial charge is 0.219 e. The molecule has 0 atom stereocenters. The molecule has 3 aromatic carbocycles. The van der Waals surface area contributed by atoms with Crippen molar-refractivity contribution in [2.24, 2.45) is 0 Å². The molecule has 1 aliphatic rings. The maximum Gasteiger partial charge on any atom is 0.219 e. The maximum absolute atomic E-state index is 6.52. The van der Waals surface area contributed by atoms with Gasteiger partial charge in [0.05, 0.1) is 18.0 Å². The third-order valence-corrected chi connectivity index (χ3v) is 7.83. The van der Waals surface area contributed by atoms with Gasteiger partial charge in [0.15, 0.2) is 0 Å². The van der Waals surface area contributed by atoms with E-state index in [9.17, 15) is 0 Å². The van der Waals surface area contributed by atoms with Crippen LogP contribution in [0.25, 0.3) is 0 Å². The minimum atomic E-state index is -0.0511. The molecule has 0 N–H and O–H groups in total. The summed E-state index contributed by atoms with van der Waals surface area (Å²) in [5.74, 6) is 2.77. The van der Waals surface area contributed by atoms with E-state index in [0.717, 1.165) is 18.1 Å². The highest BCUT2D eigenvalue weighted by atomic mass is 16.5. The molecule has 4 aromatic rings. The van der Waals surface area contributed by atoms with E-state index in [2.05, 4.69) is 121 Å². The normalized spacial score (nSPS) is 13.8. The summed E-state index contributed by atoms with van der Waals surface area (Å²) in [5.41, 5.74) is 7.33. The number of aromatic nitrogens is 1. The van der Waals surface area contributed by atoms with Crippen LogP contribution in [0.15, 0.2) is 79.0 Å². The van der Waals surface area contributed by atoms with Crippen molar-refractivity contribution in [3.05, 3.63) is 95.7 Å². The molecule has 1 aromatic heterocycles. The number of anilines is 3. The van der Waals surface area contributed by atoms with Crippen LogP contribution in [0.1, 0.15) is 79.0 Å². The van der Waals surface area contributed by atoms with Crippen LogP contribution in [-0.2, 0) is 16.2 Å². The lowest BCUT2D eigenvalue weighted by Crippen LogP contribution is -2.24. The Morgan fingerprint density at radius 1 is 0.595 bits per heavy atom. The molecule has 1 aliphatic heterocycles. The summed E-state index contributed by atoms with van der Waals surface area (Å²) < 4.78 is 12.7. The number of hydrogen-bond acceptors (Lipinski definition) is 5. The van der Waals surface area contributed by atoms with Gasteiger partial charge in [-0.25, -0.2) is 4.98 Å². The number of hydrogen-bond donors (Lipinski definition) is 0. The van der Waals surface area contributed by atoms with Crippen LogP contribution in [-0.4, -0.2) is 18.7 Å². The van der Waals surface area contributed by atoms with Crippen molar-refractivity contribution in [2.75, 3.05) is 23.5 Å². The molecule has 0 bridgehead atoms. The Balaban J connectivity index is 1.47. The molecular weight excluding hydrogens is 518 g/mol. The molecule has 0 spiro atoms. The summed E-state index contributed by atoms with van der Waals surface area (Å²) in [6.45, 7) is 20.8. The van der Waals surface area contributed by atoms with E-state index in [1.807, 2.05) is 36.4 Å². The van der Waals surface area contributed by atoms with Gasteiger partial charge in [-0.15, -0.1) is 0 Å². The van der Waals surface area contributed by atoms with E-state index in [1.165, 1.54) is 28.1 Å². The summed E-state index contributed by atoms with van der Waals surface area (Å²) >= 11 is 0. The first kappa shape index (κ1) is 29.5. The second kappa shape index (κ2) is 10.7. The Morgan fingerprint density at radius 2 is 1.24 bits per heavy atom. The first-order valence-electron chi connectivity index (χ1n) is 14.8. The summed E-state index contributed by atoms with van der Waals surface area (Å²) in [6.07, 6.45) is 1.80. The van der Waals surface area contributed by atoms with Gasteiger partial charge in [-0.2, -0.15) is 0 Å². The van der Waals surface area contributed by atoms with E-state index in [1.54, 1.807) is 6.20 Å². The van der Waals surface area contributed by atoms with Crippen molar-refractivity contribution >= 4 is 17.1 Å². The number of nitrogens with zero attached hydrogens (tertiary/aromatic N) is 3. The van der Waals surface area contributed by atoms with Crippen LogP contribution in [0.5, 0.6) is 23.1 Å². The second-order valence-corrected chi connectivity index (χ2v) is 14.5. The van der Waals surface area contributed by atoms with Gasteiger partial charge in [-0.3, -0.25) is 0 Å². The van der Waals surface area contributed by atoms with Crippen molar-refractivity contribution < 1.29 is 9.47 Å². The number of fused-ring (bicyclic) bond motifs is 1. The van der Waals surface area contributed by atoms with E-state index in [-0.39, 0.29) is 16.2 Å². The second-order valence-electron chi connectivity index (χ2n) is 14.5. The van der Waals surface area contributed by atoms with Crippen molar-refractivity contribution in [1.29, 1.82) is 0 Å². The molecule has 0 saturated carbocycles. The van der Waals surface area contributed by atoms with Crippen molar-refractivity contribution in [1.82, 2.24) is 4.98 Å². The van der Waals surface area contributed by atoms with Gasteiger partial charge in [0.25, 0.3) is 0 Å². The van der Waals surface area contributed by atoms with Gasteiger partial charge in [-0.05, 0) is 75.4 Å². The number of rotatable bonds is 5. The molecule has 5 nitrogen and oxygen atoms in total. The number of ether oxygens (including phenoxy) is 2. The average Bonchev–Trinajstić information content (AvgIpc) is 3.23. The minimum absolute atomic E-state index is 0.0146. The van der Waals surface area contributed by atoms with Crippen LogP contribution >= 0.6 is 0 Å². The Morgan fingerprint density at radius 3 is 1.90 bits per heavy atom. The number of benzene rings is 3. The molecule has 5 rings (SSSR count). The first-order valence-corrected chi connectivity index (χ1v) is 14.8. The molecule has 42 heavy (non-hydrogen) atoms. The van der Waals surface area contributed by atoms with Crippen LogP contribution in [0, 0.1) is 0 Å². The van der Waals surface area contributed by atoms with Crippen molar-refractivity contribution in [3.63, 3.8) is 0 Å². The standard InChI is InChI=1S/C37H45N3O2/c1-35(2,3)25-14-15-32-33(20-25)40(24-39(32)10)28-18-27(37(7,8)9)19-31(22-28)41-29-12-11-13-30(23-29)42-34-21-26(16-17-38-34)36(4,5)6/h11-23H,24H2,1-10H3. The SMILES string of the molecule is CN1CN(c2cc(Oc3cccc(Oc4cc(C(C)(C)C)ccn4)c3)cc(C(C)(C)C)c2)c2cc(C(C)(C)C)ccc21. The van der Waals surface area contributed by atoms with Crippen LogP contribution in [0.2, 0.25) is 0 Å². The van der Waals surface area contributed by atoms with Crippen molar-refractivity contribution in [2.45, 2.75) is 78.6 Å². The van der Waals surface area contributed by atoms with E-state index in [4.69, 9.17) is 9.47 Å². The molecule has 0 saturated heterocycles. The third-order valence-electron chi connectivity index (χ3n) is 7.83. The average molecular weight is 564 g/mol. The predicted octanol–water partition coefficient (Wildman–Crippen LogP) is 10.1. The Hall–Kier alpha value is -3.99. The largest absolute Gasteiger partial charge is 0.457 e. The molecule has 0 amide bonds. The van der Waals surface area contributed by atoms with Gasteiger partial charge in [0.1, 0.15) is 17.2 Å². The van der Waals surface area contributed by atoms with Gasteiger partial charge in [0.2, 0.25) is 5.88 Å². The molecule has 220 valence electrons. The summed E-state index contributed by atoms with van der Waals surface area (Å²) in [5, 5.41) is 0. The monoisotopic (exact) mass is 563 g/mol. The quantitative estimate of drug-likeness (QED) is 0.241. The molecule has 0 unspecified atom stereocenters. The Kier molecular flexibility index (Phi) is 7.51. The Labute approximate surface area is 252 Å². The molecule has 2 heterocycles. The van der Waals surface area contributed by atoms with Gasteiger partial charge < -0.3 is 19.3 Å². The van der Waals surface area contributed by atoms with E-state index >= 15 is 0 Å². The highest BCUT2D eigenvalue weighted by Gasteiger charge is 2.28. The van der Waals surface area contributed by atoms with E-state index in [0.29, 0.717) is 17.4 Å². The Bertz CT molecular complexity index is 1590. The topological polar surface area (TPSA) is 37.8 Å². The summed E-state index contributed by atoms with van der Waals surface area (Å²) in [6, 6.07) is 25.2. The molecular formula is C37H45N3O2. The number of pyridine rings is 1. The molecule has 0 fully saturated rings. The summed E-state index contributed by atoms with van der Waals surface area (Å²) in [4.78, 5) is 9.12. The molecule has 5 heteroatoms. The zero-order chi connectivity index (χ0) is 30.4. The lowest BCUT2D eigenvalue weighted by atomic mass is 9.86. The lowest BCUT2D eigenvalue weighted by molar-refractivity contribution is 0.445. The van der Waals surface area contributed by atoms with Gasteiger partial charge in [-0.1, -0.05) is 74.4 Å². The minimum Gasteiger partial charge on any atom is -0.457 e. The highest BCUT2D eigenvalue weighted by molar-refractivity contribution is 5.83. The highest BCUT2D eigenvalue weighted by Crippen LogP contribution is 2.44. The fraction of sp³-hybridized carbons (Fsp3) is 0.378. The third kappa shape index (κ3) is 6.41. The van der Waals surface area contributed by atoms with Crippen LogP contribution < -0.4 is 19.3 Å². The lowest BCUT2D eigenvalue weighted by Gasteiger charge is -2.26. The zero-order valence-electron chi connectivity index (χ0n) is 26.9. The van der Waals surface area contributed by atoms with Crippen LogP contribution in [0.3, 0.4) is 0 Å². The zero-order valence-corrected chi connectivity index (χ0v) is 26.9. The van der Waals surface area contributed by atoms with Gasteiger partial charge >= 0.3 is 0 Å². The predicted molar refractivity (Wildman–Crippen MR) is 175 cm³/mol. The first-order chi connectivity index (χ1) is 19.6. The van der Waals surface area contributed by atoms with E-state index < -0.39 is 0 Å². The summed E-state index contributed by atoms with van der Waals surface area (Å²) in [7, 11) is 2.15. The van der Waals surface area contributed by atoms with Gasteiger partial charge in [0, 0.05) is 37.1 Å². The fourth-order valence-corrected chi connectivity index (χ4v) is 5.14. The fourth-order valence-electron chi connectivity index (χ4n) is 5.14. The maximum atomic E-state index is 6.52. The molecule has 0 aliphatic carbocycles. The van der Waals surface area contributed by atoms with Crippen LogP contribution in [0.4, 0.5) is 17.1 Å². The molecule has 0 radical (unpaired) electrons.